The maximum Gasteiger partial charge on any atom is 0.274 e. The zero-order valence-electron chi connectivity index (χ0n) is 11.9. The van der Waals surface area contributed by atoms with Crippen LogP contribution in [0.4, 0.5) is 0 Å². The van der Waals surface area contributed by atoms with Gasteiger partial charge in [0.2, 0.25) is 0 Å². The lowest BCUT2D eigenvalue weighted by Gasteiger charge is -2.24. The Morgan fingerprint density at radius 1 is 1.55 bits per heavy atom. The number of thioether (sulfide) groups is 1. The third-order valence-electron chi connectivity index (χ3n) is 4.25. The quantitative estimate of drug-likeness (QED) is 0.915. The van der Waals surface area contributed by atoms with E-state index >= 15 is 0 Å². The van der Waals surface area contributed by atoms with Crippen LogP contribution >= 0.6 is 11.8 Å². The molecule has 20 heavy (non-hydrogen) atoms. The highest BCUT2D eigenvalue weighted by Gasteiger charge is 2.26. The maximum absolute atomic E-state index is 12.5. The molecule has 1 aromatic rings. The number of nitrogens with zero attached hydrogens (tertiary/aromatic N) is 3. The largest absolute Gasteiger partial charge is 0.336 e. The van der Waals surface area contributed by atoms with Gasteiger partial charge in [-0.3, -0.25) is 9.48 Å². The molecule has 3 rings (SSSR count). The number of aromatic nitrogens is 2. The Balaban J connectivity index is 1.67. The summed E-state index contributed by atoms with van der Waals surface area (Å²) in [6.07, 6.45) is 5.35. The van der Waals surface area contributed by atoms with E-state index in [9.17, 15) is 4.79 Å². The molecule has 1 aromatic heterocycles. The Morgan fingerprint density at radius 3 is 3.15 bits per heavy atom. The second kappa shape index (κ2) is 6.18. The van der Waals surface area contributed by atoms with Crippen LogP contribution < -0.4 is 5.32 Å². The smallest absolute Gasteiger partial charge is 0.274 e. The summed E-state index contributed by atoms with van der Waals surface area (Å²) in [5.41, 5.74) is 0.579. The van der Waals surface area contributed by atoms with E-state index in [1.165, 1.54) is 6.42 Å². The Kier molecular flexibility index (Phi) is 4.31. The second-order valence-corrected chi connectivity index (χ2v) is 6.76. The van der Waals surface area contributed by atoms with E-state index in [-0.39, 0.29) is 5.91 Å². The highest BCUT2D eigenvalue weighted by Crippen LogP contribution is 2.23. The van der Waals surface area contributed by atoms with Crippen LogP contribution in [0.15, 0.2) is 12.3 Å². The molecule has 1 N–H and O–H groups in total. The fourth-order valence-electron chi connectivity index (χ4n) is 2.89. The summed E-state index contributed by atoms with van der Waals surface area (Å²) in [5, 5.41) is 7.89. The normalized spacial score (nSPS) is 26.6. The van der Waals surface area contributed by atoms with Crippen molar-refractivity contribution in [1.82, 2.24) is 20.0 Å². The van der Waals surface area contributed by atoms with E-state index in [2.05, 4.69) is 10.4 Å². The van der Waals surface area contributed by atoms with Crippen molar-refractivity contribution in [3.8, 4) is 0 Å². The molecule has 0 bridgehead atoms. The van der Waals surface area contributed by atoms with E-state index in [4.69, 9.17) is 0 Å². The number of nitrogens with one attached hydrogen (secondary N) is 1. The van der Waals surface area contributed by atoms with Crippen LogP contribution in [0.2, 0.25) is 0 Å². The molecule has 2 saturated heterocycles. The summed E-state index contributed by atoms with van der Waals surface area (Å²) >= 11 is 1.92. The summed E-state index contributed by atoms with van der Waals surface area (Å²) in [6, 6.07) is 2.61. The fraction of sp³-hybridized carbons (Fsp3) is 0.714. The molecular weight excluding hydrogens is 272 g/mol. The van der Waals surface area contributed by atoms with Crippen molar-refractivity contribution in [3.63, 3.8) is 0 Å². The summed E-state index contributed by atoms with van der Waals surface area (Å²) < 4.78 is 1.95. The van der Waals surface area contributed by atoms with Crippen molar-refractivity contribution in [1.29, 1.82) is 0 Å². The first-order valence-corrected chi connectivity index (χ1v) is 8.52. The van der Waals surface area contributed by atoms with Crippen molar-refractivity contribution in [3.05, 3.63) is 18.0 Å². The van der Waals surface area contributed by atoms with Crippen LogP contribution in [-0.2, 0) is 0 Å². The molecule has 2 unspecified atom stereocenters. The summed E-state index contributed by atoms with van der Waals surface area (Å²) in [5.74, 6) is 2.26. The fourth-order valence-corrected chi connectivity index (χ4v) is 4.16. The average Bonchev–Trinajstić information content (AvgIpc) is 3.18. The average molecular weight is 294 g/mol. The van der Waals surface area contributed by atoms with Gasteiger partial charge in [0.1, 0.15) is 5.69 Å². The van der Waals surface area contributed by atoms with Crippen molar-refractivity contribution in [2.75, 3.05) is 31.6 Å². The highest BCUT2D eigenvalue weighted by molar-refractivity contribution is 7.99. The Hall–Kier alpha value is -1.01. The molecule has 110 valence electrons. The van der Waals surface area contributed by atoms with Gasteiger partial charge in [-0.05, 0) is 37.6 Å². The molecule has 3 heterocycles. The standard InChI is InChI=1S/C14H22N4OS/c1-17(12-5-8-20-10-12)14(19)13-4-7-18(16-13)11-3-2-6-15-9-11/h4,7,11-12,15H,2-3,5-6,8-10H2,1H3. The van der Waals surface area contributed by atoms with Crippen molar-refractivity contribution < 1.29 is 4.79 Å². The lowest BCUT2D eigenvalue weighted by atomic mass is 10.1. The Labute approximate surface area is 124 Å². The van der Waals surface area contributed by atoms with Gasteiger partial charge in [-0.25, -0.2) is 0 Å². The van der Waals surface area contributed by atoms with Crippen LogP contribution in [0.5, 0.6) is 0 Å². The number of hydrogen-bond donors (Lipinski definition) is 1. The molecule has 2 atom stereocenters. The third-order valence-corrected chi connectivity index (χ3v) is 5.39. The zero-order valence-corrected chi connectivity index (χ0v) is 12.7. The molecular formula is C14H22N4OS. The number of rotatable bonds is 3. The van der Waals surface area contributed by atoms with Gasteiger partial charge in [0.15, 0.2) is 0 Å². The lowest BCUT2D eigenvalue weighted by molar-refractivity contribution is 0.0740. The summed E-state index contributed by atoms with van der Waals surface area (Å²) in [6.45, 7) is 2.04. The minimum Gasteiger partial charge on any atom is -0.336 e. The van der Waals surface area contributed by atoms with Gasteiger partial charge in [-0.15, -0.1) is 0 Å². The van der Waals surface area contributed by atoms with Gasteiger partial charge in [-0.1, -0.05) is 0 Å². The molecule has 2 fully saturated rings. The van der Waals surface area contributed by atoms with Gasteiger partial charge >= 0.3 is 0 Å². The number of carbonyl (C=O) groups is 1. The van der Waals surface area contributed by atoms with Gasteiger partial charge in [-0.2, -0.15) is 16.9 Å². The number of amides is 1. The maximum atomic E-state index is 12.5. The Morgan fingerprint density at radius 2 is 2.45 bits per heavy atom. The third kappa shape index (κ3) is 2.86. The topological polar surface area (TPSA) is 50.2 Å². The molecule has 2 aliphatic heterocycles. The molecule has 0 radical (unpaired) electrons. The first-order chi connectivity index (χ1) is 9.75. The molecule has 0 spiro atoms. The second-order valence-electron chi connectivity index (χ2n) is 5.61. The highest BCUT2D eigenvalue weighted by atomic mass is 32.2. The van der Waals surface area contributed by atoms with Crippen LogP contribution in [0.1, 0.15) is 35.8 Å². The molecule has 6 heteroatoms. The van der Waals surface area contributed by atoms with Crippen LogP contribution in [0.3, 0.4) is 0 Å². The Bertz CT molecular complexity index is 463. The number of hydrogen-bond acceptors (Lipinski definition) is 4. The van der Waals surface area contributed by atoms with E-state index in [0.29, 0.717) is 17.8 Å². The molecule has 0 saturated carbocycles. The summed E-state index contributed by atoms with van der Waals surface area (Å²) in [4.78, 5) is 14.3. The van der Waals surface area contributed by atoms with E-state index in [0.717, 1.165) is 37.4 Å². The van der Waals surface area contributed by atoms with Gasteiger partial charge in [0.25, 0.3) is 5.91 Å². The predicted molar refractivity (Wildman–Crippen MR) is 81.2 cm³/mol. The molecule has 2 aliphatic rings. The molecule has 5 nitrogen and oxygen atoms in total. The lowest BCUT2D eigenvalue weighted by Crippen LogP contribution is -2.37. The van der Waals surface area contributed by atoms with Gasteiger partial charge in [0.05, 0.1) is 6.04 Å². The van der Waals surface area contributed by atoms with Crippen LogP contribution in [0, 0.1) is 0 Å². The van der Waals surface area contributed by atoms with E-state index in [1.807, 2.05) is 40.7 Å². The summed E-state index contributed by atoms with van der Waals surface area (Å²) in [7, 11) is 1.90. The first-order valence-electron chi connectivity index (χ1n) is 7.36. The van der Waals surface area contributed by atoms with Gasteiger partial charge in [0, 0.05) is 31.6 Å². The molecule has 0 aromatic carbocycles. The van der Waals surface area contributed by atoms with Crippen LogP contribution in [0.25, 0.3) is 0 Å². The van der Waals surface area contributed by atoms with Gasteiger partial charge < -0.3 is 10.2 Å². The minimum atomic E-state index is 0.0556. The minimum absolute atomic E-state index is 0.0556. The zero-order chi connectivity index (χ0) is 13.9. The molecule has 1 amide bonds. The first kappa shape index (κ1) is 13.9. The van der Waals surface area contributed by atoms with Crippen molar-refractivity contribution in [2.45, 2.75) is 31.3 Å². The monoisotopic (exact) mass is 294 g/mol. The van der Waals surface area contributed by atoms with Crippen LogP contribution in [-0.4, -0.2) is 58.3 Å². The SMILES string of the molecule is CN(C(=O)c1ccn(C2CCCNC2)n1)C1CCSC1. The van der Waals surface area contributed by atoms with Crippen molar-refractivity contribution in [2.24, 2.45) is 0 Å². The molecule has 0 aliphatic carbocycles. The number of piperidine rings is 1. The number of carbonyl (C=O) groups excluding carboxylic acids is 1. The van der Waals surface area contributed by atoms with E-state index < -0.39 is 0 Å². The van der Waals surface area contributed by atoms with Crippen molar-refractivity contribution >= 4 is 17.7 Å². The predicted octanol–water partition coefficient (Wildman–Crippen LogP) is 1.39. The van der Waals surface area contributed by atoms with E-state index in [1.54, 1.807) is 0 Å².